The average molecular weight is 336 g/mol. The predicted octanol–water partition coefficient (Wildman–Crippen LogP) is 1.98. The molecule has 6 nitrogen and oxygen atoms in total. The first kappa shape index (κ1) is 16.7. The summed E-state index contributed by atoms with van der Waals surface area (Å²) in [5.41, 5.74) is 7.52. The van der Waals surface area contributed by atoms with Gasteiger partial charge in [0.15, 0.2) is 0 Å². The lowest BCUT2D eigenvalue weighted by atomic mass is 10.1. The van der Waals surface area contributed by atoms with Gasteiger partial charge in [0.05, 0.1) is 11.7 Å². The molecule has 0 radical (unpaired) electrons. The van der Waals surface area contributed by atoms with Crippen LogP contribution in [-0.2, 0) is 9.59 Å². The van der Waals surface area contributed by atoms with Gasteiger partial charge in [0, 0.05) is 6.42 Å². The highest BCUT2D eigenvalue weighted by atomic mass is 16.2. The molecule has 1 aliphatic rings. The van der Waals surface area contributed by atoms with Crippen molar-refractivity contribution in [1.29, 1.82) is 0 Å². The van der Waals surface area contributed by atoms with Crippen molar-refractivity contribution in [2.24, 2.45) is 10.8 Å². The molecule has 2 unspecified atom stereocenters. The summed E-state index contributed by atoms with van der Waals surface area (Å²) in [6.07, 6.45) is 0.192. The Labute approximate surface area is 146 Å². The number of nitrogens with zero attached hydrogens (tertiary/aromatic N) is 2. The van der Waals surface area contributed by atoms with Gasteiger partial charge in [-0.15, -0.1) is 0 Å². The number of amides is 2. The van der Waals surface area contributed by atoms with Crippen LogP contribution in [0.3, 0.4) is 0 Å². The van der Waals surface area contributed by atoms with Crippen LogP contribution in [0.1, 0.15) is 24.9 Å². The van der Waals surface area contributed by atoms with Crippen LogP contribution in [-0.4, -0.2) is 23.6 Å². The highest BCUT2D eigenvalue weighted by Gasteiger charge is 2.35. The van der Waals surface area contributed by atoms with Gasteiger partial charge in [0.2, 0.25) is 5.91 Å². The molecule has 0 spiro atoms. The zero-order valence-corrected chi connectivity index (χ0v) is 13.9. The van der Waals surface area contributed by atoms with Gasteiger partial charge in [0.25, 0.3) is 5.91 Å². The van der Waals surface area contributed by atoms with Gasteiger partial charge in [-0.1, -0.05) is 48.5 Å². The van der Waals surface area contributed by atoms with Crippen molar-refractivity contribution in [3.8, 4) is 0 Å². The minimum atomic E-state index is -0.657. The third-order valence-electron chi connectivity index (χ3n) is 4.17. The lowest BCUT2D eigenvalue weighted by Gasteiger charge is -2.20. The van der Waals surface area contributed by atoms with E-state index in [1.807, 2.05) is 67.6 Å². The summed E-state index contributed by atoms with van der Waals surface area (Å²) < 4.78 is 0. The van der Waals surface area contributed by atoms with E-state index in [2.05, 4.69) is 10.4 Å². The number of primary amides is 1. The Hall–Kier alpha value is -3.15. The van der Waals surface area contributed by atoms with E-state index in [1.165, 1.54) is 5.01 Å². The van der Waals surface area contributed by atoms with E-state index in [-0.39, 0.29) is 18.4 Å². The molecule has 0 saturated heterocycles. The number of nitrogens with one attached hydrogen (secondary N) is 1. The second kappa shape index (κ2) is 7.17. The fraction of sp³-hybridized carbons (Fsp3) is 0.211. The Morgan fingerprint density at radius 2 is 1.72 bits per heavy atom. The fourth-order valence-corrected chi connectivity index (χ4v) is 2.79. The number of para-hydroxylation sites is 1. The molecule has 3 rings (SSSR count). The normalized spacial score (nSPS) is 17.7. The van der Waals surface area contributed by atoms with Crippen LogP contribution < -0.4 is 16.1 Å². The van der Waals surface area contributed by atoms with Gasteiger partial charge >= 0.3 is 0 Å². The van der Waals surface area contributed by atoms with E-state index < -0.39 is 11.9 Å². The molecule has 2 aromatic carbocycles. The molecule has 1 heterocycles. The Morgan fingerprint density at radius 3 is 2.32 bits per heavy atom. The van der Waals surface area contributed by atoms with Gasteiger partial charge < -0.3 is 11.1 Å². The van der Waals surface area contributed by atoms with Crippen molar-refractivity contribution in [2.75, 3.05) is 5.01 Å². The summed E-state index contributed by atoms with van der Waals surface area (Å²) >= 11 is 0. The summed E-state index contributed by atoms with van der Waals surface area (Å²) in [5, 5.41) is 8.78. The van der Waals surface area contributed by atoms with Crippen LogP contribution in [0.15, 0.2) is 65.8 Å². The van der Waals surface area contributed by atoms with Gasteiger partial charge in [-0.25, -0.2) is 0 Å². The van der Waals surface area contributed by atoms with Gasteiger partial charge in [-0.3, -0.25) is 14.6 Å². The Balaban J connectivity index is 1.77. The summed E-state index contributed by atoms with van der Waals surface area (Å²) in [4.78, 5) is 24.3. The standard InChI is InChI=1S/C19H20N4O2/c1-13(14-8-4-2-5-9-14)21-19(25)16-12-17(18(20)24)23(22-16)15-10-6-3-7-11-15/h2-11,13,17H,12H2,1H3,(H2,20,24)(H,21,25). The van der Waals surface area contributed by atoms with Crippen molar-refractivity contribution < 1.29 is 9.59 Å². The number of carbonyl (C=O) groups is 2. The first-order valence-corrected chi connectivity index (χ1v) is 8.13. The molecule has 0 fully saturated rings. The second-order valence-corrected chi connectivity index (χ2v) is 5.95. The summed E-state index contributed by atoms with van der Waals surface area (Å²) in [7, 11) is 0. The average Bonchev–Trinajstić information content (AvgIpc) is 3.09. The second-order valence-electron chi connectivity index (χ2n) is 5.95. The molecule has 0 bridgehead atoms. The summed E-state index contributed by atoms with van der Waals surface area (Å²) in [6, 6.07) is 18.1. The number of hydrogen-bond donors (Lipinski definition) is 2. The number of anilines is 1. The molecule has 1 aliphatic heterocycles. The number of benzene rings is 2. The molecule has 0 saturated carbocycles. The Morgan fingerprint density at radius 1 is 1.12 bits per heavy atom. The molecule has 2 aromatic rings. The van der Waals surface area contributed by atoms with Crippen LogP contribution in [0.5, 0.6) is 0 Å². The lowest BCUT2D eigenvalue weighted by molar-refractivity contribution is -0.119. The number of rotatable bonds is 5. The monoisotopic (exact) mass is 336 g/mol. The van der Waals surface area contributed by atoms with Crippen molar-refractivity contribution in [2.45, 2.75) is 25.4 Å². The molecule has 3 N–H and O–H groups in total. The topological polar surface area (TPSA) is 87.8 Å². The van der Waals surface area contributed by atoms with Crippen LogP contribution in [0.4, 0.5) is 5.69 Å². The van der Waals surface area contributed by atoms with E-state index in [0.717, 1.165) is 11.3 Å². The largest absolute Gasteiger partial charge is 0.368 e. The van der Waals surface area contributed by atoms with E-state index in [9.17, 15) is 9.59 Å². The molecular weight excluding hydrogens is 316 g/mol. The molecule has 0 aromatic heterocycles. The lowest BCUT2D eigenvalue weighted by Crippen LogP contribution is -2.40. The minimum Gasteiger partial charge on any atom is -0.368 e. The van der Waals surface area contributed by atoms with Crippen molar-refractivity contribution in [3.05, 3.63) is 66.2 Å². The predicted molar refractivity (Wildman–Crippen MR) is 97.0 cm³/mol. The van der Waals surface area contributed by atoms with Crippen molar-refractivity contribution in [3.63, 3.8) is 0 Å². The maximum absolute atomic E-state index is 12.6. The molecule has 128 valence electrons. The third-order valence-corrected chi connectivity index (χ3v) is 4.17. The third kappa shape index (κ3) is 3.68. The first-order chi connectivity index (χ1) is 12.1. The number of hydrogen-bond acceptors (Lipinski definition) is 4. The molecule has 0 aliphatic carbocycles. The summed E-state index contributed by atoms with van der Waals surface area (Å²) in [6.45, 7) is 1.91. The molecule has 6 heteroatoms. The van der Waals surface area contributed by atoms with E-state index >= 15 is 0 Å². The molecule has 25 heavy (non-hydrogen) atoms. The highest BCUT2D eigenvalue weighted by Crippen LogP contribution is 2.24. The highest BCUT2D eigenvalue weighted by molar-refractivity contribution is 6.40. The zero-order chi connectivity index (χ0) is 17.8. The number of carbonyl (C=O) groups excluding carboxylic acids is 2. The van der Waals surface area contributed by atoms with Gasteiger partial charge in [-0.05, 0) is 24.6 Å². The van der Waals surface area contributed by atoms with Crippen LogP contribution in [0.2, 0.25) is 0 Å². The van der Waals surface area contributed by atoms with Crippen LogP contribution in [0.25, 0.3) is 0 Å². The van der Waals surface area contributed by atoms with E-state index in [4.69, 9.17) is 5.73 Å². The SMILES string of the molecule is CC(NC(=O)C1=NN(c2ccccc2)C(C(N)=O)C1)c1ccccc1. The first-order valence-electron chi connectivity index (χ1n) is 8.13. The maximum Gasteiger partial charge on any atom is 0.268 e. The molecule has 2 atom stereocenters. The van der Waals surface area contributed by atoms with Crippen molar-refractivity contribution >= 4 is 23.2 Å². The molecular formula is C19H20N4O2. The van der Waals surface area contributed by atoms with E-state index in [0.29, 0.717) is 5.71 Å². The smallest absolute Gasteiger partial charge is 0.268 e. The summed E-state index contributed by atoms with van der Waals surface area (Å²) in [5.74, 6) is -0.799. The zero-order valence-electron chi connectivity index (χ0n) is 13.9. The Kier molecular flexibility index (Phi) is 4.79. The number of nitrogens with two attached hydrogens (primary N) is 1. The van der Waals surface area contributed by atoms with Crippen LogP contribution in [0, 0.1) is 0 Å². The Bertz CT molecular complexity index is 790. The van der Waals surface area contributed by atoms with Gasteiger partial charge in [-0.2, -0.15) is 5.10 Å². The van der Waals surface area contributed by atoms with Crippen molar-refractivity contribution in [1.82, 2.24) is 5.32 Å². The van der Waals surface area contributed by atoms with Crippen LogP contribution >= 0.6 is 0 Å². The number of hydrazone groups is 1. The van der Waals surface area contributed by atoms with Gasteiger partial charge in [0.1, 0.15) is 11.8 Å². The minimum absolute atomic E-state index is 0.158. The quantitative estimate of drug-likeness (QED) is 0.875. The molecule has 2 amide bonds. The maximum atomic E-state index is 12.6. The van der Waals surface area contributed by atoms with E-state index in [1.54, 1.807) is 0 Å². The fourth-order valence-electron chi connectivity index (χ4n) is 2.79.